The van der Waals surface area contributed by atoms with Crippen LogP contribution in [0.25, 0.3) is 0 Å². The summed E-state index contributed by atoms with van der Waals surface area (Å²) in [5, 5.41) is 2.82. The van der Waals surface area contributed by atoms with E-state index in [2.05, 4.69) is 5.32 Å². The van der Waals surface area contributed by atoms with Gasteiger partial charge >= 0.3 is 0 Å². The number of benzene rings is 1. The zero-order valence-electron chi connectivity index (χ0n) is 12.1. The number of thioether (sulfide) groups is 1. The molecule has 1 unspecified atom stereocenters. The number of halogens is 1. The summed E-state index contributed by atoms with van der Waals surface area (Å²) in [6.07, 6.45) is 0. The molecule has 0 spiro atoms. The zero-order valence-corrected chi connectivity index (χ0v) is 13.0. The van der Waals surface area contributed by atoms with Gasteiger partial charge in [-0.05, 0) is 17.7 Å². The van der Waals surface area contributed by atoms with E-state index in [-0.39, 0.29) is 23.5 Å². The molecule has 1 aliphatic rings. The molecule has 1 aromatic carbocycles. The summed E-state index contributed by atoms with van der Waals surface area (Å²) in [5.74, 6) is 0.613. The van der Waals surface area contributed by atoms with Gasteiger partial charge in [0.05, 0.1) is 5.88 Å². The number of nitrogens with one attached hydrogen (secondary N) is 1. The molecular weight excluding hydrogens is 291 g/mol. The summed E-state index contributed by atoms with van der Waals surface area (Å²) in [7, 11) is 0. The van der Waals surface area contributed by atoms with Gasteiger partial charge in [-0.25, -0.2) is 4.39 Å². The predicted molar refractivity (Wildman–Crippen MR) is 81.0 cm³/mol. The van der Waals surface area contributed by atoms with Crippen LogP contribution in [-0.4, -0.2) is 34.4 Å². The van der Waals surface area contributed by atoms with Crippen molar-refractivity contribution in [2.75, 3.05) is 11.6 Å². The van der Waals surface area contributed by atoms with Crippen molar-refractivity contribution in [2.45, 2.75) is 26.4 Å². The first-order valence-corrected chi connectivity index (χ1v) is 8.05. The maximum absolute atomic E-state index is 12.8. The molecule has 0 saturated carbocycles. The van der Waals surface area contributed by atoms with Crippen molar-refractivity contribution in [3.8, 4) is 0 Å². The van der Waals surface area contributed by atoms with Gasteiger partial charge < -0.3 is 10.2 Å². The molecule has 0 aliphatic carbocycles. The molecule has 114 valence electrons. The van der Waals surface area contributed by atoms with Crippen LogP contribution < -0.4 is 5.32 Å². The Labute approximate surface area is 128 Å². The number of rotatable bonds is 4. The Morgan fingerprint density at radius 3 is 2.67 bits per heavy atom. The summed E-state index contributed by atoms with van der Waals surface area (Å²) in [6.45, 7) is 4.00. The van der Waals surface area contributed by atoms with Gasteiger partial charge in [0.1, 0.15) is 11.9 Å². The largest absolute Gasteiger partial charge is 0.350 e. The van der Waals surface area contributed by atoms with Crippen LogP contribution in [0.1, 0.15) is 19.4 Å². The molecular formula is C15H19FN2O2S. The zero-order chi connectivity index (χ0) is 15.4. The van der Waals surface area contributed by atoms with Gasteiger partial charge in [-0.1, -0.05) is 26.0 Å². The Morgan fingerprint density at radius 1 is 1.38 bits per heavy atom. The maximum atomic E-state index is 12.8. The van der Waals surface area contributed by atoms with Gasteiger partial charge in [0.25, 0.3) is 0 Å². The lowest BCUT2D eigenvalue weighted by Crippen LogP contribution is -2.48. The lowest BCUT2D eigenvalue weighted by molar-refractivity contribution is -0.140. The van der Waals surface area contributed by atoms with E-state index < -0.39 is 6.04 Å². The summed E-state index contributed by atoms with van der Waals surface area (Å²) in [4.78, 5) is 25.9. The van der Waals surface area contributed by atoms with E-state index in [1.165, 1.54) is 12.1 Å². The molecule has 0 aromatic heterocycles. The van der Waals surface area contributed by atoms with Crippen LogP contribution in [0.15, 0.2) is 24.3 Å². The van der Waals surface area contributed by atoms with E-state index in [4.69, 9.17) is 0 Å². The molecule has 1 aliphatic heterocycles. The van der Waals surface area contributed by atoms with Crippen molar-refractivity contribution in [1.82, 2.24) is 10.2 Å². The lowest BCUT2D eigenvalue weighted by Gasteiger charge is -2.24. The van der Waals surface area contributed by atoms with Crippen molar-refractivity contribution >= 4 is 23.6 Å². The number of hydrogen-bond donors (Lipinski definition) is 1. The molecule has 0 bridgehead atoms. The fraction of sp³-hybridized carbons (Fsp3) is 0.467. The van der Waals surface area contributed by atoms with E-state index in [0.29, 0.717) is 18.2 Å². The summed E-state index contributed by atoms with van der Waals surface area (Å²) in [6, 6.07) is 5.58. The SMILES string of the molecule is CC(C)C(=O)N1CSCC1C(=O)NCc1ccc(F)cc1. The third-order valence-electron chi connectivity index (χ3n) is 3.34. The van der Waals surface area contributed by atoms with Crippen molar-refractivity contribution in [3.05, 3.63) is 35.6 Å². The second kappa shape index (κ2) is 6.93. The van der Waals surface area contributed by atoms with Crippen LogP contribution in [0.5, 0.6) is 0 Å². The number of carbonyl (C=O) groups excluding carboxylic acids is 2. The number of amides is 2. The van der Waals surface area contributed by atoms with Crippen LogP contribution in [0.3, 0.4) is 0 Å². The Hall–Kier alpha value is -1.56. The van der Waals surface area contributed by atoms with E-state index in [1.54, 1.807) is 28.8 Å². The molecule has 0 radical (unpaired) electrons. The standard InChI is InChI=1S/C15H19FN2O2S/c1-10(2)15(20)18-9-21-8-13(18)14(19)17-7-11-3-5-12(16)6-4-11/h3-6,10,13H,7-9H2,1-2H3,(H,17,19). The maximum Gasteiger partial charge on any atom is 0.243 e. The average Bonchev–Trinajstić information content (AvgIpc) is 2.94. The van der Waals surface area contributed by atoms with Crippen molar-refractivity contribution < 1.29 is 14.0 Å². The Kier molecular flexibility index (Phi) is 5.22. The monoisotopic (exact) mass is 310 g/mol. The van der Waals surface area contributed by atoms with Gasteiger partial charge in [-0.3, -0.25) is 9.59 Å². The molecule has 4 nitrogen and oxygen atoms in total. The smallest absolute Gasteiger partial charge is 0.243 e. The first kappa shape index (κ1) is 15.8. The minimum Gasteiger partial charge on any atom is -0.350 e. The second-order valence-electron chi connectivity index (χ2n) is 5.32. The Morgan fingerprint density at radius 2 is 2.05 bits per heavy atom. The normalized spacial score (nSPS) is 18.1. The minimum absolute atomic E-state index is 0.00179. The van der Waals surface area contributed by atoms with E-state index in [1.807, 2.05) is 13.8 Å². The average molecular weight is 310 g/mol. The quantitative estimate of drug-likeness (QED) is 0.925. The molecule has 2 amide bonds. The number of carbonyl (C=O) groups is 2. The van der Waals surface area contributed by atoms with Gasteiger partial charge in [0.2, 0.25) is 11.8 Å². The van der Waals surface area contributed by atoms with Crippen LogP contribution >= 0.6 is 11.8 Å². The predicted octanol–water partition coefficient (Wildman–Crippen LogP) is 2.00. The minimum atomic E-state index is -0.412. The third kappa shape index (κ3) is 3.97. The summed E-state index contributed by atoms with van der Waals surface area (Å²) < 4.78 is 12.8. The highest BCUT2D eigenvalue weighted by Gasteiger charge is 2.35. The topological polar surface area (TPSA) is 49.4 Å². The van der Waals surface area contributed by atoms with Gasteiger partial charge in [0, 0.05) is 18.2 Å². The second-order valence-corrected chi connectivity index (χ2v) is 6.32. The number of nitrogens with zero attached hydrogens (tertiary/aromatic N) is 1. The third-order valence-corrected chi connectivity index (χ3v) is 4.35. The molecule has 1 heterocycles. The Balaban J connectivity index is 1.93. The molecule has 1 N–H and O–H groups in total. The first-order chi connectivity index (χ1) is 9.99. The highest BCUT2D eigenvalue weighted by molar-refractivity contribution is 7.99. The fourth-order valence-electron chi connectivity index (χ4n) is 2.12. The van der Waals surface area contributed by atoms with E-state index >= 15 is 0 Å². The van der Waals surface area contributed by atoms with Gasteiger partial charge in [-0.15, -0.1) is 11.8 Å². The van der Waals surface area contributed by atoms with E-state index in [0.717, 1.165) is 5.56 Å². The summed E-state index contributed by atoms with van der Waals surface area (Å²) in [5.41, 5.74) is 0.831. The molecule has 1 fully saturated rings. The van der Waals surface area contributed by atoms with Crippen molar-refractivity contribution in [1.29, 1.82) is 0 Å². The molecule has 1 saturated heterocycles. The molecule has 6 heteroatoms. The lowest BCUT2D eigenvalue weighted by atomic mass is 10.1. The van der Waals surface area contributed by atoms with Crippen LogP contribution in [-0.2, 0) is 16.1 Å². The highest BCUT2D eigenvalue weighted by Crippen LogP contribution is 2.23. The fourth-order valence-corrected chi connectivity index (χ4v) is 3.28. The van der Waals surface area contributed by atoms with E-state index in [9.17, 15) is 14.0 Å². The molecule has 1 atom stereocenters. The molecule has 2 rings (SSSR count). The molecule has 21 heavy (non-hydrogen) atoms. The molecule has 1 aromatic rings. The van der Waals surface area contributed by atoms with Gasteiger partial charge in [0.15, 0.2) is 0 Å². The van der Waals surface area contributed by atoms with Crippen LogP contribution in [0.2, 0.25) is 0 Å². The van der Waals surface area contributed by atoms with Crippen molar-refractivity contribution in [2.24, 2.45) is 5.92 Å². The van der Waals surface area contributed by atoms with Gasteiger partial charge in [-0.2, -0.15) is 0 Å². The Bertz CT molecular complexity index is 519. The highest BCUT2D eigenvalue weighted by atomic mass is 32.2. The summed E-state index contributed by atoms with van der Waals surface area (Å²) >= 11 is 1.58. The van der Waals surface area contributed by atoms with Crippen molar-refractivity contribution in [3.63, 3.8) is 0 Å². The number of hydrogen-bond acceptors (Lipinski definition) is 3. The van der Waals surface area contributed by atoms with Crippen LogP contribution in [0.4, 0.5) is 4.39 Å². The first-order valence-electron chi connectivity index (χ1n) is 6.89. The van der Waals surface area contributed by atoms with Crippen LogP contribution in [0, 0.1) is 11.7 Å².